The minimum Gasteiger partial charge on any atom is -0.384 e. The van der Waals surface area contributed by atoms with Gasteiger partial charge in [0, 0.05) is 4.47 Å². The molecule has 2 heteroatoms. The average Bonchev–Trinajstić information content (AvgIpc) is 2.48. The van der Waals surface area contributed by atoms with Crippen LogP contribution in [0.5, 0.6) is 0 Å². The zero-order valence-corrected chi connectivity index (χ0v) is 13.3. The first-order valence-corrected chi connectivity index (χ1v) is 8.00. The second-order valence-corrected chi connectivity index (χ2v) is 6.52. The highest BCUT2D eigenvalue weighted by Crippen LogP contribution is 2.31. The molecule has 2 aromatic rings. The Hall–Kier alpha value is -1.12. The smallest absolute Gasteiger partial charge is 0.105 e. The Morgan fingerprint density at radius 2 is 1.75 bits per heavy atom. The summed E-state index contributed by atoms with van der Waals surface area (Å²) in [4.78, 5) is 0. The van der Waals surface area contributed by atoms with Crippen LogP contribution in [0.1, 0.15) is 46.8 Å². The van der Waals surface area contributed by atoms with Gasteiger partial charge in [-0.15, -0.1) is 0 Å². The van der Waals surface area contributed by atoms with Gasteiger partial charge in [0.2, 0.25) is 0 Å². The van der Waals surface area contributed by atoms with Gasteiger partial charge in [-0.25, -0.2) is 0 Å². The van der Waals surface area contributed by atoms with Gasteiger partial charge in [0.1, 0.15) is 6.10 Å². The third-order valence-corrected chi connectivity index (χ3v) is 4.86. The van der Waals surface area contributed by atoms with Crippen molar-refractivity contribution in [3.63, 3.8) is 0 Å². The molecule has 0 spiro atoms. The van der Waals surface area contributed by atoms with Gasteiger partial charge in [0.15, 0.2) is 0 Å². The second-order valence-electron chi connectivity index (χ2n) is 5.66. The predicted octanol–water partition coefficient (Wildman–Crippen LogP) is 4.72. The van der Waals surface area contributed by atoms with Crippen LogP contribution < -0.4 is 0 Å². The Kier molecular flexibility index (Phi) is 3.95. The van der Waals surface area contributed by atoms with E-state index in [9.17, 15) is 5.11 Å². The fraction of sp³-hybridized carbons (Fsp3) is 0.333. The normalized spacial score (nSPS) is 15.8. The zero-order chi connectivity index (χ0) is 14.1. The summed E-state index contributed by atoms with van der Waals surface area (Å²) in [6.45, 7) is 2.05. The van der Waals surface area contributed by atoms with E-state index in [1.54, 1.807) is 0 Å². The molecule has 0 heterocycles. The molecule has 104 valence electrons. The first-order valence-electron chi connectivity index (χ1n) is 7.21. The number of rotatable bonds is 2. The van der Waals surface area contributed by atoms with E-state index in [4.69, 9.17) is 0 Å². The van der Waals surface area contributed by atoms with Crippen LogP contribution in [0, 0.1) is 6.92 Å². The van der Waals surface area contributed by atoms with Crippen LogP contribution in [0.3, 0.4) is 0 Å². The van der Waals surface area contributed by atoms with E-state index in [0.29, 0.717) is 0 Å². The van der Waals surface area contributed by atoms with E-state index in [1.807, 2.05) is 18.2 Å². The Labute approximate surface area is 128 Å². The maximum atomic E-state index is 10.7. The van der Waals surface area contributed by atoms with Crippen LogP contribution in [-0.4, -0.2) is 5.11 Å². The van der Waals surface area contributed by atoms with Crippen LogP contribution in [0.25, 0.3) is 0 Å². The molecule has 0 aromatic heterocycles. The van der Waals surface area contributed by atoms with Crippen molar-refractivity contribution in [3.8, 4) is 0 Å². The molecule has 1 N–H and O–H groups in total. The summed E-state index contributed by atoms with van der Waals surface area (Å²) in [5.74, 6) is 0. The molecule has 1 aliphatic rings. The summed E-state index contributed by atoms with van der Waals surface area (Å²) < 4.78 is 0.966. The molecule has 0 bridgehead atoms. The highest BCUT2D eigenvalue weighted by atomic mass is 79.9. The molecule has 1 aliphatic carbocycles. The van der Waals surface area contributed by atoms with Gasteiger partial charge in [0.05, 0.1) is 0 Å². The van der Waals surface area contributed by atoms with Crippen LogP contribution >= 0.6 is 15.9 Å². The molecule has 20 heavy (non-hydrogen) atoms. The number of hydrogen-bond donors (Lipinski definition) is 1. The van der Waals surface area contributed by atoms with Crippen LogP contribution in [0.4, 0.5) is 0 Å². The molecule has 1 nitrogen and oxygen atoms in total. The lowest BCUT2D eigenvalue weighted by Crippen LogP contribution is -2.06. The van der Waals surface area contributed by atoms with Gasteiger partial charge < -0.3 is 5.11 Å². The number of fused-ring (bicyclic) bond motifs is 1. The lowest BCUT2D eigenvalue weighted by molar-refractivity contribution is 0.219. The molecule has 0 amide bonds. The summed E-state index contributed by atoms with van der Waals surface area (Å²) in [6, 6.07) is 12.6. The molecule has 0 saturated heterocycles. The summed E-state index contributed by atoms with van der Waals surface area (Å²) >= 11 is 3.54. The minimum absolute atomic E-state index is 0.559. The monoisotopic (exact) mass is 330 g/mol. The van der Waals surface area contributed by atoms with Crippen molar-refractivity contribution >= 4 is 15.9 Å². The third-order valence-electron chi connectivity index (χ3n) is 4.13. The quantitative estimate of drug-likeness (QED) is 0.844. The van der Waals surface area contributed by atoms with E-state index < -0.39 is 6.10 Å². The minimum atomic E-state index is -0.559. The molecule has 1 atom stereocenters. The molecule has 0 fully saturated rings. The first kappa shape index (κ1) is 13.8. The number of halogens is 1. The van der Waals surface area contributed by atoms with Crippen molar-refractivity contribution in [2.24, 2.45) is 0 Å². The Bertz CT molecular complexity index is 633. The van der Waals surface area contributed by atoms with E-state index in [2.05, 4.69) is 41.1 Å². The van der Waals surface area contributed by atoms with Crippen molar-refractivity contribution in [1.82, 2.24) is 0 Å². The van der Waals surface area contributed by atoms with Crippen molar-refractivity contribution < 1.29 is 5.11 Å². The lowest BCUT2D eigenvalue weighted by Gasteiger charge is -2.19. The van der Waals surface area contributed by atoms with Crippen molar-refractivity contribution in [1.29, 1.82) is 0 Å². The predicted molar refractivity (Wildman–Crippen MR) is 86.0 cm³/mol. The second kappa shape index (κ2) is 5.71. The number of benzene rings is 2. The number of aliphatic hydroxyl groups is 1. The zero-order valence-electron chi connectivity index (χ0n) is 11.7. The molecule has 0 radical (unpaired) electrons. The van der Waals surface area contributed by atoms with Gasteiger partial charge in [-0.05, 0) is 60.9 Å². The highest BCUT2D eigenvalue weighted by Gasteiger charge is 2.16. The van der Waals surface area contributed by atoms with Gasteiger partial charge in [-0.2, -0.15) is 0 Å². The Morgan fingerprint density at radius 3 is 2.55 bits per heavy atom. The molecule has 0 saturated carbocycles. The van der Waals surface area contributed by atoms with Crippen LogP contribution in [-0.2, 0) is 12.8 Å². The Morgan fingerprint density at radius 1 is 1.00 bits per heavy atom. The maximum absolute atomic E-state index is 10.7. The fourth-order valence-electron chi connectivity index (χ4n) is 2.98. The topological polar surface area (TPSA) is 20.2 Å². The van der Waals surface area contributed by atoms with E-state index >= 15 is 0 Å². The average molecular weight is 331 g/mol. The van der Waals surface area contributed by atoms with Gasteiger partial charge >= 0.3 is 0 Å². The maximum Gasteiger partial charge on any atom is 0.105 e. The SMILES string of the molecule is Cc1ccc(Br)c(C(O)c2ccc3c(c2)CCCC3)c1. The summed E-state index contributed by atoms with van der Waals surface area (Å²) in [5.41, 5.74) is 5.98. The van der Waals surface area contributed by atoms with E-state index in [0.717, 1.165) is 22.0 Å². The lowest BCUT2D eigenvalue weighted by atomic mass is 9.88. The third kappa shape index (κ3) is 2.68. The highest BCUT2D eigenvalue weighted by molar-refractivity contribution is 9.10. The number of hydrogen-bond acceptors (Lipinski definition) is 1. The number of aliphatic hydroxyl groups excluding tert-OH is 1. The van der Waals surface area contributed by atoms with E-state index in [1.165, 1.54) is 36.0 Å². The van der Waals surface area contributed by atoms with Gasteiger partial charge in [-0.1, -0.05) is 51.8 Å². The van der Waals surface area contributed by atoms with Crippen LogP contribution in [0.2, 0.25) is 0 Å². The summed E-state index contributed by atoms with van der Waals surface area (Å²) in [6.07, 6.45) is 4.32. The van der Waals surface area contributed by atoms with Gasteiger partial charge in [0.25, 0.3) is 0 Å². The molecule has 1 unspecified atom stereocenters. The molecule has 0 aliphatic heterocycles. The number of aryl methyl sites for hydroxylation is 3. The Balaban J connectivity index is 1.97. The van der Waals surface area contributed by atoms with Crippen molar-refractivity contribution in [3.05, 3.63) is 68.7 Å². The molecular formula is C18H19BrO. The van der Waals surface area contributed by atoms with Crippen LogP contribution in [0.15, 0.2) is 40.9 Å². The largest absolute Gasteiger partial charge is 0.384 e. The van der Waals surface area contributed by atoms with E-state index in [-0.39, 0.29) is 0 Å². The fourth-order valence-corrected chi connectivity index (χ4v) is 3.44. The first-order chi connectivity index (χ1) is 9.65. The summed E-state index contributed by atoms with van der Waals surface area (Å²) in [5, 5.41) is 10.7. The van der Waals surface area contributed by atoms with Crippen molar-refractivity contribution in [2.45, 2.75) is 38.7 Å². The molecule has 2 aromatic carbocycles. The summed E-state index contributed by atoms with van der Waals surface area (Å²) in [7, 11) is 0. The molecular weight excluding hydrogens is 312 g/mol. The standard InChI is InChI=1S/C18H19BrO/c1-12-6-9-17(19)16(10-12)18(20)15-8-7-13-4-2-3-5-14(13)11-15/h6-11,18,20H,2-5H2,1H3. The van der Waals surface area contributed by atoms with Crippen molar-refractivity contribution in [2.75, 3.05) is 0 Å². The van der Waals surface area contributed by atoms with Gasteiger partial charge in [-0.3, -0.25) is 0 Å². The molecule has 3 rings (SSSR count).